The van der Waals surface area contributed by atoms with Crippen LogP contribution in [0.2, 0.25) is 0 Å². The predicted molar refractivity (Wildman–Crippen MR) is 129 cm³/mol. The lowest BCUT2D eigenvalue weighted by molar-refractivity contribution is -0.168. The molecule has 0 fully saturated rings. The first-order valence-corrected chi connectivity index (χ1v) is 11.3. The first-order valence-electron chi connectivity index (χ1n) is 11.3. The molecular weight excluding hydrogens is 453 g/mol. The van der Waals surface area contributed by atoms with E-state index in [1.54, 1.807) is 60.6 Å². The van der Waals surface area contributed by atoms with Crippen LogP contribution < -0.4 is 5.32 Å². The first kappa shape index (κ1) is 27.8. The van der Waals surface area contributed by atoms with Crippen LogP contribution in [0.15, 0.2) is 48.5 Å². The van der Waals surface area contributed by atoms with Crippen molar-refractivity contribution >= 4 is 18.0 Å². The van der Waals surface area contributed by atoms with E-state index in [0.717, 1.165) is 11.6 Å². The van der Waals surface area contributed by atoms with Gasteiger partial charge in [-0.15, -0.1) is 0 Å². The summed E-state index contributed by atoms with van der Waals surface area (Å²) in [5, 5.41) is 2.57. The van der Waals surface area contributed by atoms with Gasteiger partial charge in [0.15, 0.2) is 0 Å². The van der Waals surface area contributed by atoms with Crippen LogP contribution in [-0.2, 0) is 31.2 Å². The smallest absolute Gasteiger partial charge is 0.407 e. The molecule has 35 heavy (non-hydrogen) atoms. The highest BCUT2D eigenvalue weighted by Crippen LogP contribution is 2.30. The van der Waals surface area contributed by atoms with Crippen molar-refractivity contribution in [3.63, 3.8) is 0 Å². The number of amides is 1. The van der Waals surface area contributed by atoms with Crippen molar-refractivity contribution in [2.75, 3.05) is 6.54 Å². The van der Waals surface area contributed by atoms with E-state index in [4.69, 9.17) is 14.2 Å². The number of halogens is 1. The lowest BCUT2D eigenvalue weighted by Gasteiger charge is -2.31. The highest BCUT2D eigenvalue weighted by atomic mass is 19.1. The summed E-state index contributed by atoms with van der Waals surface area (Å²) in [4.78, 5) is 37.1. The fourth-order valence-electron chi connectivity index (χ4n) is 2.96. The van der Waals surface area contributed by atoms with Gasteiger partial charge in [-0.2, -0.15) is 0 Å². The Morgan fingerprint density at radius 1 is 0.886 bits per heavy atom. The maximum Gasteiger partial charge on any atom is 0.407 e. The normalized spacial score (nSPS) is 12.0. The van der Waals surface area contributed by atoms with Gasteiger partial charge in [0, 0.05) is 6.54 Å². The monoisotopic (exact) mass is 487 g/mol. The van der Waals surface area contributed by atoms with Crippen LogP contribution >= 0.6 is 0 Å². The van der Waals surface area contributed by atoms with Crippen LogP contribution in [0.4, 0.5) is 9.18 Å². The number of esters is 2. The Hall–Kier alpha value is -3.42. The average molecular weight is 488 g/mol. The average Bonchev–Trinajstić information content (AvgIpc) is 2.75. The second kappa shape index (κ2) is 10.9. The number of rotatable bonds is 8. The van der Waals surface area contributed by atoms with Crippen molar-refractivity contribution in [3.05, 3.63) is 71.0 Å². The third-order valence-corrected chi connectivity index (χ3v) is 5.07. The molecule has 0 bridgehead atoms. The molecule has 0 radical (unpaired) electrons. The van der Waals surface area contributed by atoms with Crippen LogP contribution in [0.5, 0.6) is 0 Å². The number of carbonyl (C=O) groups is 3. The van der Waals surface area contributed by atoms with Crippen molar-refractivity contribution in [2.45, 2.75) is 66.3 Å². The molecule has 7 nitrogen and oxygen atoms in total. The first-order chi connectivity index (χ1) is 16.1. The zero-order valence-electron chi connectivity index (χ0n) is 21.4. The number of hydrogen-bond donors (Lipinski definition) is 1. The molecule has 0 spiro atoms. The molecule has 1 N–H and O–H groups in total. The van der Waals surface area contributed by atoms with Gasteiger partial charge in [0.25, 0.3) is 0 Å². The van der Waals surface area contributed by atoms with E-state index >= 15 is 0 Å². The standard InChI is InChI=1S/C27H34FNO6/c1-25(2,3)35-24(32)29-17-26(4,5)23(31)34-27(6,7)19-13-14-20(21(28)15-19)22(30)33-16-18-11-9-8-10-12-18/h8-15H,16-17H2,1-7H3,(H,29,32). The summed E-state index contributed by atoms with van der Waals surface area (Å²) in [5.74, 6) is -2.16. The van der Waals surface area contributed by atoms with E-state index in [0.29, 0.717) is 5.56 Å². The van der Waals surface area contributed by atoms with E-state index in [9.17, 15) is 18.8 Å². The maximum absolute atomic E-state index is 14.8. The van der Waals surface area contributed by atoms with Crippen molar-refractivity contribution in [1.29, 1.82) is 0 Å². The Kier molecular flexibility index (Phi) is 8.65. The van der Waals surface area contributed by atoms with Crippen LogP contribution in [0.1, 0.15) is 70.0 Å². The van der Waals surface area contributed by atoms with Gasteiger partial charge in [-0.25, -0.2) is 14.0 Å². The predicted octanol–water partition coefficient (Wildman–Crippen LogP) is 5.51. The van der Waals surface area contributed by atoms with Gasteiger partial charge in [0.1, 0.15) is 23.6 Å². The quantitative estimate of drug-likeness (QED) is 0.390. The Morgan fingerprint density at radius 2 is 1.51 bits per heavy atom. The summed E-state index contributed by atoms with van der Waals surface area (Å²) in [6.45, 7) is 11.7. The molecule has 0 saturated carbocycles. The molecule has 0 aromatic heterocycles. The molecule has 0 atom stereocenters. The molecule has 2 aromatic carbocycles. The molecule has 0 aliphatic heterocycles. The fourth-order valence-corrected chi connectivity index (χ4v) is 2.96. The molecule has 8 heteroatoms. The number of benzene rings is 2. The minimum absolute atomic E-state index is 0.0165. The zero-order valence-corrected chi connectivity index (χ0v) is 21.4. The van der Waals surface area contributed by atoms with Crippen molar-refractivity contribution in [3.8, 4) is 0 Å². The van der Waals surface area contributed by atoms with Crippen molar-refractivity contribution < 1.29 is 33.0 Å². The van der Waals surface area contributed by atoms with Gasteiger partial charge in [0.2, 0.25) is 0 Å². The van der Waals surface area contributed by atoms with E-state index in [-0.39, 0.29) is 18.7 Å². The van der Waals surface area contributed by atoms with Crippen molar-refractivity contribution in [1.82, 2.24) is 5.32 Å². The number of hydrogen-bond acceptors (Lipinski definition) is 6. The van der Waals surface area contributed by atoms with Crippen LogP contribution in [0.3, 0.4) is 0 Å². The summed E-state index contributed by atoms with van der Waals surface area (Å²) >= 11 is 0. The summed E-state index contributed by atoms with van der Waals surface area (Å²) in [6.07, 6.45) is -0.644. The second-order valence-corrected chi connectivity index (χ2v) is 10.4. The number of ether oxygens (including phenoxy) is 3. The van der Waals surface area contributed by atoms with E-state index in [2.05, 4.69) is 5.32 Å². The lowest BCUT2D eigenvalue weighted by atomic mass is 9.91. The third kappa shape index (κ3) is 8.38. The molecule has 1 amide bonds. The molecule has 0 aliphatic rings. The molecule has 190 valence electrons. The maximum atomic E-state index is 14.8. The van der Waals surface area contributed by atoms with Crippen LogP contribution in [0, 0.1) is 11.2 Å². The number of nitrogens with one attached hydrogen (secondary N) is 1. The Bertz CT molecular complexity index is 1060. The van der Waals surface area contributed by atoms with Crippen molar-refractivity contribution in [2.24, 2.45) is 5.41 Å². The Morgan fingerprint density at radius 3 is 2.09 bits per heavy atom. The van der Waals surface area contributed by atoms with E-state index < -0.39 is 40.5 Å². The fraction of sp³-hybridized carbons (Fsp3) is 0.444. The number of carbonyl (C=O) groups excluding carboxylic acids is 3. The highest BCUT2D eigenvalue weighted by molar-refractivity contribution is 5.89. The second-order valence-electron chi connectivity index (χ2n) is 10.4. The SMILES string of the molecule is CC(C)(C)OC(=O)NCC(C)(C)C(=O)OC(C)(C)c1ccc(C(=O)OCc2ccccc2)c(F)c1. The summed E-state index contributed by atoms with van der Waals surface area (Å²) in [7, 11) is 0. The molecule has 0 heterocycles. The van der Waals surface area contributed by atoms with Gasteiger partial charge in [-0.3, -0.25) is 4.79 Å². The minimum atomic E-state index is -1.20. The molecule has 0 aliphatic carbocycles. The minimum Gasteiger partial charge on any atom is -0.457 e. The molecule has 0 unspecified atom stereocenters. The van der Waals surface area contributed by atoms with Gasteiger partial charge in [-0.05, 0) is 71.7 Å². The molecule has 2 rings (SSSR count). The largest absolute Gasteiger partial charge is 0.457 e. The molecule has 2 aromatic rings. The summed E-state index contributed by atoms with van der Waals surface area (Å²) in [5.41, 5.74) is -2.01. The van der Waals surface area contributed by atoms with Crippen LogP contribution in [-0.4, -0.2) is 30.2 Å². The van der Waals surface area contributed by atoms with Gasteiger partial charge < -0.3 is 19.5 Å². The topological polar surface area (TPSA) is 90.9 Å². The summed E-state index contributed by atoms with van der Waals surface area (Å²) < 4.78 is 30.8. The van der Waals surface area contributed by atoms with Crippen LogP contribution in [0.25, 0.3) is 0 Å². The zero-order chi connectivity index (χ0) is 26.4. The van der Waals surface area contributed by atoms with E-state index in [1.807, 2.05) is 18.2 Å². The highest BCUT2D eigenvalue weighted by Gasteiger charge is 2.36. The lowest BCUT2D eigenvalue weighted by Crippen LogP contribution is -2.43. The summed E-state index contributed by atoms with van der Waals surface area (Å²) in [6, 6.07) is 13.1. The molecular formula is C27H34FNO6. The Balaban J connectivity index is 2.03. The Labute approximate surface area is 206 Å². The van der Waals surface area contributed by atoms with E-state index in [1.165, 1.54) is 12.1 Å². The van der Waals surface area contributed by atoms with Gasteiger partial charge >= 0.3 is 18.0 Å². The van der Waals surface area contributed by atoms with Gasteiger partial charge in [-0.1, -0.05) is 36.4 Å². The third-order valence-electron chi connectivity index (χ3n) is 5.07. The van der Waals surface area contributed by atoms with Gasteiger partial charge in [0.05, 0.1) is 11.0 Å². The number of alkyl carbamates (subject to hydrolysis) is 1. The molecule has 0 saturated heterocycles.